The van der Waals surface area contributed by atoms with Crippen molar-refractivity contribution in [2.45, 2.75) is 25.3 Å². The second-order valence-corrected chi connectivity index (χ2v) is 4.28. The van der Waals surface area contributed by atoms with Crippen molar-refractivity contribution < 1.29 is 0 Å². The van der Waals surface area contributed by atoms with E-state index in [0.717, 1.165) is 17.4 Å². The fourth-order valence-corrected chi connectivity index (χ4v) is 1.78. The van der Waals surface area contributed by atoms with Crippen molar-refractivity contribution in [3.05, 3.63) is 34.9 Å². The molecule has 1 aliphatic carbocycles. The van der Waals surface area contributed by atoms with Gasteiger partial charge >= 0.3 is 0 Å². The molecule has 0 saturated heterocycles. The van der Waals surface area contributed by atoms with E-state index in [0.29, 0.717) is 0 Å². The molecular weight excluding hydrogens is 217 g/mol. The van der Waals surface area contributed by atoms with Crippen molar-refractivity contribution in [3.8, 4) is 0 Å². The van der Waals surface area contributed by atoms with Gasteiger partial charge in [-0.1, -0.05) is 36.6 Å². The molecule has 0 amide bonds. The summed E-state index contributed by atoms with van der Waals surface area (Å²) in [5, 5.41) is 0.781. The summed E-state index contributed by atoms with van der Waals surface area (Å²) in [6.45, 7) is 0. The molecule has 1 aromatic rings. The Kier molecular flexibility index (Phi) is 4.24. The van der Waals surface area contributed by atoms with Crippen LogP contribution in [0.25, 0.3) is 0 Å². The number of benzene rings is 1. The molecule has 0 heterocycles. The smallest absolute Gasteiger partial charge is 0.0409 e. The molecule has 14 heavy (non-hydrogen) atoms. The molecule has 1 saturated carbocycles. The number of hydrogen-bond acceptors (Lipinski definition) is 1. The fourth-order valence-electron chi connectivity index (χ4n) is 1.59. The van der Waals surface area contributed by atoms with Crippen molar-refractivity contribution in [1.82, 2.24) is 0 Å². The van der Waals surface area contributed by atoms with Gasteiger partial charge < -0.3 is 5.73 Å². The molecule has 0 bridgehead atoms. The van der Waals surface area contributed by atoms with E-state index in [1.54, 1.807) is 0 Å². The Labute approximate surface area is 96.0 Å². The predicted octanol–water partition coefficient (Wildman–Crippen LogP) is 3.56. The largest absolute Gasteiger partial charge is 0.324 e. The minimum Gasteiger partial charge on any atom is -0.324 e. The third-order valence-electron chi connectivity index (χ3n) is 2.56. The molecule has 1 aliphatic rings. The molecule has 3 heteroatoms. The highest BCUT2D eigenvalue weighted by atomic mass is 35.5. The van der Waals surface area contributed by atoms with E-state index >= 15 is 0 Å². The summed E-state index contributed by atoms with van der Waals surface area (Å²) in [5.41, 5.74) is 7.21. The molecule has 2 rings (SSSR count). The van der Waals surface area contributed by atoms with Crippen LogP contribution in [0.15, 0.2) is 24.3 Å². The maximum atomic E-state index is 6.05. The van der Waals surface area contributed by atoms with E-state index in [1.807, 2.05) is 18.2 Å². The first-order valence-electron chi connectivity index (χ1n) is 4.77. The zero-order chi connectivity index (χ0) is 9.26. The van der Waals surface area contributed by atoms with Crippen molar-refractivity contribution in [1.29, 1.82) is 0 Å². The van der Waals surface area contributed by atoms with Crippen LogP contribution in [0.5, 0.6) is 0 Å². The van der Waals surface area contributed by atoms with Gasteiger partial charge in [0, 0.05) is 11.1 Å². The zero-order valence-corrected chi connectivity index (χ0v) is 9.52. The Morgan fingerprint density at radius 2 is 2.14 bits per heavy atom. The number of hydrogen-bond donors (Lipinski definition) is 1. The summed E-state index contributed by atoms with van der Waals surface area (Å²) < 4.78 is 0. The van der Waals surface area contributed by atoms with Crippen molar-refractivity contribution in [2.24, 2.45) is 11.7 Å². The first kappa shape index (κ1) is 11.8. The van der Waals surface area contributed by atoms with E-state index in [4.69, 9.17) is 17.3 Å². The van der Waals surface area contributed by atoms with Gasteiger partial charge in [0.25, 0.3) is 0 Å². The van der Waals surface area contributed by atoms with E-state index < -0.39 is 0 Å². The minimum absolute atomic E-state index is 0. The Bertz CT molecular complexity index is 297. The van der Waals surface area contributed by atoms with Crippen LogP contribution in [-0.2, 0) is 0 Å². The molecule has 1 aromatic carbocycles. The highest BCUT2D eigenvalue weighted by molar-refractivity contribution is 6.30. The van der Waals surface area contributed by atoms with Gasteiger partial charge in [-0.15, -0.1) is 12.4 Å². The summed E-state index contributed by atoms with van der Waals surface area (Å²) in [7, 11) is 0. The maximum Gasteiger partial charge on any atom is 0.0409 e. The van der Waals surface area contributed by atoms with Gasteiger partial charge in [0.15, 0.2) is 0 Å². The zero-order valence-electron chi connectivity index (χ0n) is 7.95. The summed E-state index contributed by atoms with van der Waals surface area (Å²) in [6, 6.07) is 8.04. The van der Waals surface area contributed by atoms with Gasteiger partial charge in [0.1, 0.15) is 0 Å². The molecule has 2 N–H and O–H groups in total. The Balaban J connectivity index is 0.000000980. The van der Waals surface area contributed by atoms with Gasteiger partial charge in [-0.05, 0) is 30.0 Å². The Morgan fingerprint density at radius 3 is 2.71 bits per heavy atom. The Hall–Kier alpha value is -0.240. The van der Waals surface area contributed by atoms with Crippen LogP contribution < -0.4 is 5.73 Å². The first-order chi connectivity index (χ1) is 6.25. The standard InChI is InChI=1S/C11H14ClN.ClH/c12-10-3-1-2-9(7-10)11(13)6-8-4-5-8;/h1-3,7-8,11H,4-6,13H2;1H/t11-;/m1./s1. The van der Waals surface area contributed by atoms with Crippen LogP contribution in [0, 0.1) is 5.92 Å². The van der Waals surface area contributed by atoms with Crippen molar-refractivity contribution >= 4 is 24.0 Å². The van der Waals surface area contributed by atoms with E-state index in [-0.39, 0.29) is 18.4 Å². The summed E-state index contributed by atoms with van der Waals surface area (Å²) in [6.07, 6.45) is 3.82. The lowest BCUT2D eigenvalue weighted by molar-refractivity contribution is 0.597. The number of rotatable bonds is 3. The quantitative estimate of drug-likeness (QED) is 0.847. The minimum atomic E-state index is 0. The molecule has 0 spiro atoms. The molecule has 0 aliphatic heterocycles. The van der Waals surface area contributed by atoms with Crippen LogP contribution in [-0.4, -0.2) is 0 Å². The summed E-state index contributed by atoms with van der Waals surface area (Å²) in [4.78, 5) is 0. The average molecular weight is 232 g/mol. The molecule has 0 radical (unpaired) electrons. The lowest BCUT2D eigenvalue weighted by Crippen LogP contribution is -2.10. The van der Waals surface area contributed by atoms with Crippen LogP contribution in [0.3, 0.4) is 0 Å². The molecule has 78 valence electrons. The lowest BCUT2D eigenvalue weighted by atomic mass is 10.0. The third-order valence-corrected chi connectivity index (χ3v) is 2.80. The maximum absolute atomic E-state index is 6.05. The van der Waals surface area contributed by atoms with E-state index in [9.17, 15) is 0 Å². The van der Waals surface area contributed by atoms with Gasteiger partial charge in [-0.25, -0.2) is 0 Å². The van der Waals surface area contributed by atoms with Gasteiger partial charge in [-0.3, -0.25) is 0 Å². The van der Waals surface area contributed by atoms with Crippen LogP contribution in [0.1, 0.15) is 30.9 Å². The molecule has 0 aromatic heterocycles. The van der Waals surface area contributed by atoms with E-state index in [2.05, 4.69) is 6.07 Å². The number of nitrogens with two attached hydrogens (primary N) is 1. The number of halogens is 2. The topological polar surface area (TPSA) is 26.0 Å². The Morgan fingerprint density at radius 1 is 1.43 bits per heavy atom. The normalized spacial score (nSPS) is 17.3. The SMILES string of the molecule is Cl.N[C@H](CC1CC1)c1cccc(Cl)c1. The van der Waals surface area contributed by atoms with Crippen LogP contribution >= 0.6 is 24.0 Å². The van der Waals surface area contributed by atoms with Gasteiger partial charge in [0.2, 0.25) is 0 Å². The molecule has 1 nitrogen and oxygen atoms in total. The highest BCUT2D eigenvalue weighted by Crippen LogP contribution is 2.36. The second kappa shape index (κ2) is 5.01. The van der Waals surface area contributed by atoms with Gasteiger partial charge in [-0.2, -0.15) is 0 Å². The third kappa shape index (κ3) is 3.16. The molecule has 0 unspecified atom stereocenters. The second-order valence-electron chi connectivity index (χ2n) is 3.84. The molecule has 1 atom stereocenters. The summed E-state index contributed by atoms with van der Waals surface area (Å²) >= 11 is 5.89. The van der Waals surface area contributed by atoms with Crippen molar-refractivity contribution in [3.63, 3.8) is 0 Å². The van der Waals surface area contributed by atoms with Gasteiger partial charge in [0.05, 0.1) is 0 Å². The average Bonchev–Trinajstić information content (AvgIpc) is 2.88. The molecular formula is C11H15Cl2N. The molecule has 1 fully saturated rings. The monoisotopic (exact) mass is 231 g/mol. The first-order valence-corrected chi connectivity index (χ1v) is 5.14. The lowest BCUT2D eigenvalue weighted by Gasteiger charge is -2.11. The summed E-state index contributed by atoms with van der Waals surface area (Å²) in [5.74, 6) is 0.869. The fraction of sp³-hybridized carbons (Fsp3) is 0.455. The van der Waals surface area contributed by atoms with E-state index in [1.165, 1.54) is 18.4 Å². The van der Waals surface area contributed by atoms with Crippen LogP contribution in [0.4, 0.5) is 0 Å². The predicted molar refractivity (Wildman–Crippen MR) is 63.0 cm³/mol. The van der Waals surface area contributed by atoms with Crippen LogP contribution in [0.2, 0.25) is 5.02 Å². The highest BCUT2D eigenvalue weighted by Gasteiger charge is 2.24. The van der Waals surface area contributed by atoms with Crippen molar-refractivity contribution in [2.75, 3.05) is 0 Å².